The lowest BCUT2D eigenvalue weighted by atomic mass is 10.0. The van der Waals surface area contributed by atoms with E-state index >= 15 is 0 Å². The first-order valence-electron chi connectivity index (χ1n) is 5.55. The minimum Gasteiger partial charge on any atom is -0.150 e. The van der Waals surface area contributed by atoms with Gasteiger partial charge in [-0.1, -0.05) is 48.9 Å². The molecule has 0 spiro atoms. The summed E-state index contributed by atoms with van der Waals surface area (Å²) in [7, 11) is 0. The number of hydrogen-bond acceptors (Lipinski definition) is 2. The summed E-state index contributed by atoms with van der Waals surface area (Å²) in [5.74, 6) is 0. The molecule has 0 N–H and O–H groups in total. The molecule has 0 unspecified atom stereocenters. The first kappa shape index (κ1) is 11.8. The lowest BCUT2D eigenvalue weighted by Gasteiger charge is -2.01. The Balaban J connectivity index is 2.22. The van der Waals surface area contributed by atoms with Crippen LogP contribution in [0.5, 0.6) is 0 Å². The summed E-state index contributed by atoms with van der Waals surface area (Å²) in [5, 5.41) is 8.19. The van der Waals surface area contributed by atoms with Crippen LogP contribution in [0.4, 0.5) is 0 Å². The third kappa shape index (κ3) is 3.14. The smallest absolute Gasteiger partial charge is 0.150 e. The van der Waals surface area contributed by atoms with Gasteiger partial charge in [0.05, 0.1) is 5.69 Å². The van der Waals surface area contributed by atoms with E-state index in [1.54, 1.807) is 6.07 Å². The maximum Gasteiger partial charge on any atom is 0.151 e. The van der Waals surface area contributed by atoms with Crippen LogP contribution in [0.25, 0.3) is 12.2 Å². The van der Waals surface area contributed by atoms with Crippen molar-refractivity contribution in [1.29, 1.82) is 0 Å². The third-order valence-corrected chi connectivity index (χ3v) is 2.72. The summed E-state index contributed by atoms with van der Waals surface area (Å²) in [6.45, 7) is 2.15. The van der Waals surface area contributed by atoms with Crippen molar-refractivity contribution in [3.63, 3.8) is 0 Å². The Morgan fingerprint density at radius 1 is 1.06 bits per heavy atom. The third-order valence-electron chi connectivity index (χ3n) is 2.52. The monoisotopic (exact) mass is 244 g/mol. The molecule has 0 bridgehead atoms. The van der Waals surface area contributed by atoms with Crippen molar-refractivity contribution < 1.29 is 0 Å². The Bertz CT molecular complexity index is 518. The predicted octanol–water partition coefficient (Wildman–Crippen LogP) is 3.86. The average molecular weight is 245 g/mol. The van der Waals surface area contributed by atoms with Gasteiger partial charge in [0, 0.05) is 0 Å². The van der Waals surface area contributed by atoms with Crippen molar-refractivity contribution in [2.45, 2.75) is 13.3 Å². The molecule has 0 fully saturated rings. The standard InChI is InChI=1S/C14H13ClN2/c1-2-11-5-3-4-6-12(11)7-8-13-9-10-14(15)17-16-13/h3-10H,2H2,1H3. The molecule has 2 rings (SSSR count). The molecule has 86 valence electrons. The summed E-state index contributed by atoms with van der Waals surface area (Å²) in [4.78, 5) is 0. The molecule has 0 atom stereocenters. The van der Waals surface area contributed by atoms with Gasteiger partial charge in [-0.25, -0.2) is 0 Å². The second kappa shape index (κ2) is 5.60. The topological polar surface area (TPSA) is 25.8 Å². The van der Waals surface area contributed by atoms with E-state index in [-0.39, 0.29) is 0 Å². The number of nitrogens with zero attached hydrogens (tertiary/aromatic N) is 2. The van der Waals surface area contributed by atoms with Crippen LogP contribution in [-0.4, -0.2) is 10.2 Å². The van der Waals surface area contributed by atoms with Crippen molar-refractivity contribution in [3.05, 3.63) is 58.4 Å². The zero-order valence-corrected chi connectivity index (χ0v) is 10.4. The van der Waals surface area contributed by atoms with Gasteiger partial charge in [0.1, 0.15) is 0 Å². The van der Waals surface area contributed by atoms with Crippen molar-refractivity contribution >= 4 is 23.8 Å². The van der Waals surface area contributed by atoms with Gasteiger partial charge >= 0.3 is 0 Å². The van der Waals surface area contributed by atoms with Gasteiger partial charge in [-0.2, -0.15) is 0 Å². The largest absolute Gasteiger partial charge is 0.151 e. The van der Waals surface area contributed by atoms with Crippen LogP contribution in [0.3, 0.4) is 0 Å². The van der Waals surface area contributed by atoms with Crippen LogP contribution >= 0.6 is 11.6 Å². The number of rotatable bonds is 3. The van der Waals surface area contributed by atoms with Crippen molar-refractivity contribution in [2.75, 3.05) is 0 Å². The molecule has 0 saturated carbocycles. The second-order valence-corrected chi connectivity index (χ2v) is 4.05. The van der Waals surface area contributed by atoms with Crippen LogP contribution in [0.15, 0.2) is 36.4 Å². The molecule has 0 saturated heterocycles. The number of benzene rings is 1. The quantitative estimate of drug-likeness (QED) is 0.819. The molecule has 1 heterocycles. The van der Waals surface area contributed by atoms with E-state index in [2.05, 4.69) is 41.4 Å². The van der Waals surface area contributed by atoms with E-state index in [0.717, 1.165) is 12.1 Å². The fourth-order valence-corrected chi connectivity index (χ4v) is 1.71. The highest BCUT2D eigenvalue weighted by Gasteiger charge is 1.96. The maximum absolute atomic E-state index is 5.68. The van der Waals surface area contributed by atoms with Gasteiger partial charge in [-0.05, 0) is 35.8 Å². The molecule has 0 aliphatic carbocycles. The van der Waals surface area contributed by atoms with Crippen LogP contribution < -0.4 is 0 Å². The predicted molar refractivity (Wildman–Crippen MR) is 71.8 cm³/mol. The first-order valence-corrected chi connectivity index (χ1v) is 5.92. The van der Waals surface area contributed by atoms with Gasteiger partial charge in [0.25, 0.3) is 0 Å². The van der Waals surface area contributed by atoms with Crippen LogP contribution in [0, 0.1) is 0 Å². The Kier molecular flexibility index (Phi) is 3.89. The fourth-order valence-electron chi connectivity index (χ4n) is 1.61. The molecule has 1 aromatic carbocycles. The number of halogens is 1. The van der Waals surface area contributed by atoms with Crippen molar-refractivity contribution in [1.82, 2.24) is 10.2 Å². The van der Waals surface area contributed by atoms with E-state index in [4.69, 9.17) is 11.6 Å². The molecule has 0 aliphatic rings. The van der Waals surface area contributed by atoms with Crippen LogP contribution in [-0.2, 0) is 6.42 Å². The Hall–Kier alpha value is -1.67. The van der Waals surface area contributed by atoms with E-state index in [9.17, 15) is 0 Å². The summed E-state index contributed by atoms with van der Waals surface area (Å²) >= 11 is 5.68. The molecule has 0 radical (unpaired) electrons. The SMILES string of the molecule is CCc1ccccc1C=Cc1ccc(Cl)nn1. The minimum atomic E-state index is 0.413. The van der Waals surface area contributed by atoms with E-state index < -0.39 is 0 Å². The Morgan fingerprint density at radius 3 is 2.59 bits per heavy atom. The lowest BCUT2D eigenvalue weighted by molar-refractivity contribution is 1.02. The number of aromatic nitrogens is 2. The van der Waals surface area contributed by atoms with Gasteiger partial charge in [0.2, 0.25) is 0 Å². The minimum absolute atomic E-state index is 0.413. The molecule has 0 aliphatic heterocycles. The average Bonchev–Trinajstić information content (AvgIpc) is 2.38. The molecule has 2 nitrogen and oxygen atoms in total. The maximum atomic E-state index is 5.68. The van der Waals surface area contributed by atoms with Crippen molar-refractivity contribution in [2.24, 2.45) is 0 Å². The zero-order valence-electron chi connectivity index (χ0n) is 9.60. The highest BCUT2D eigenvalue weighted by atomic mass is 35.5. The Morgan fingerprint density at radius 2 is 1.88 bits per heavy atom. The highest BCUT2D eigenvalue weighted by Crippen LogP contribution is 2.13. The molecule has 17 heavy (non-hydrogen) atoms. The van der Waals surface area contributed by atoms with E-state index in [1.165, 1.54) is 11.1 Å². The molecule has 1 aromatic heterocycles. The fraction of sp³-hybridized carbons (Fsp3) is 0.143. The van der Waals surface area contributed by atoms with E-state index in [0.29, 0.717) is 5.15 Å². The van der Waals surface area contributed by atoms with Crippen molar-refractivity contribution in [3.8, 4) is 0 Å². The van der Waals surface area contributed by atoms with Gasteiger partial charge in [-0.3, -0.25) is 0 Å². The summed E-state index contributed by atoms with van der Waals surface area (Å²) < 4.78 is 0. The van der Waals surface area contributed by atoms with Gasteiger partial charge in [0.15, 0.2) is 5.15 Å². The Labute approximate surface area is 106 Å². The van der Waals surface area contributed by atoms with Gasteiger partial charge in [-0.15, -0.1) is 10.2 Å². The lowest BCUT2D eigenvalue weighted by Crippen LogP contribution is -1.87. The first-order chi connectivity index (χ1) is 8.29. The summed E-state index contributed by atoms with van der Waals surface area (Å²) in [5.41, 5.74) is 3.35. The van der Waals surface area contributed by atoms with Crippen LogP contribution in [0.1, 0.15) is 23.7 Å². The summed E-state index contributed by atoms with van der Waals surface area (Å²) in [6.07, 6.45) is 5.02. The normalized spacial score (nSPS) is 10.9. The molecular weight excluding hydrogens is 232 g/mol. The van der Waals surface area contributed by atoms with Crippen LogP contribution in [0.2, 0.25) is 5.15 Å². The molecule has 0 amide bonds. The second-order valence-electron chi connectivity index (χ2n) is 3.67. The number of hydrogen-bond donors (Lipinski definition) is 0. The molecule has 2 aromatic rings. The highest BCUT2D eigenvalue weighted by molar-refractivity contribution is 6.29. The van der Waals surface area contributed by atoms with E-state index in [1.807, 2.05) is 18.2 Å². The van der Waals surface area contributed by atoms with Gasteiger partial charge < -0.3 is 0 Å². The number of aryl methyl sites for hydroxylation is 1. The summed E-state index contributed by atoms with van der Waals surface area (Å²) in [6, 6.07) is 11.9. The zero-order chi connectivity index (χ0) is 12.1. The molecular formula is C14H13ClN2. The molecule has 3 heteroatoms.